The van der Waals surface area contributed by atoms with Crippen LogP contribution in [0.15, 0.2) is 30.6 Å². The van der Waals surface area contributed by atoms with Crippen LogP contribution in [0.3, 0.4) is 0 Å². The molecule has 1 N–H and O–H groups in total. The number of ether oxygens (including phenoxy) is 2. The van der Waals surface area contributed by atoms with Gasteiger partial charge in [0.15, 0.2) is 0 Å². The molecule has 1 unspecified atom stereocenters. The minimum atomic E-state index is -0.0159. The first-order valence-electron chi connectivity index (χ1n) is 6.37. The second-order valence-electron chi connectivity index (χ2n) is 4.43. The summed E-state index contributed by atoms with van der Waals surface area (Å²) in [5.74, 6) is 1.41. The Morgan fingerprint density at radius 3 is 2.50 bits per heavy atom. The Balaban J connectivity index is 2.41. The fourth-order valence-electron chi connectivity index (χ4n) is 2.18. The molecule has 2 aromatic rings. The van der Waals surface area contributed by atoms with Crippen LogP contribution in [0, 0.1) is 6.92 Å². The SMILES string of the molecule is CNC(c1cc(OC)ncn1)c1ccc(OC)cc1C. The molecule has 1 atom stereocenters. The van der Waals surface area contributed by atoms with Crippen molar-refractivity contribution in [1.82, 2.24) is 15.3 Å². The monoisotopic (exact) mass is 273 g/mol. The van der Waals surface area contributed by atoms with Gasteiger partial charge in [0.1, 0.15) is 12.1 Å². The lowest BCUT2D eigenvalue weighted by Crippen LogP contribution is -2.20. The van der Waals surface area contributed by atoms with Gasteiger partial charge >= 0.3 is 0 Å². The summed E-state index contributed by atoms with van der Waals surface area (Å²) < 4.78 is 10.4. The lowest BCUT2D eigenvalue weighted by Gasteiger charge is -2.19. The third-order valence-electron chi connectivity index (χ3n) is 3.24. The third-order valence-corrected chi connectivity index (χ3v) is 3.24. The molecule has 0 amide bonds. The van der Waals surface area contributed by atoms with E-state index in [1.807, 2.05) is 31.3 Å². The Kier molecular flexibility index (Phi) is 4.53. The van der Waals surface area contributed by atoms with Crippen LogP contribution in [0.1, 0.15) is 22.9 Å². The van der Waals surface area contributed by atoms with E-state index < -0.39 is 0 Å². The molecule has 1 heterocycles. The average molecular weight is 273 g/mol. The minimum Gasteiger partial charge on any atom is -0.497 e. The van der Waals surface area contributed by atoms with E-state index >= 15 is 0 Å². The first kappa shape index (κ1) is 14.3. The first-order chi connectivity index (χ1) is 9.69. The van der Waals surface area contributed by atoms with Crippen molar-refractivity contribution in [2.24, 2.45) is 0 Å². The number of methoxy groups -OCH3 is 2. The maximum atomic E-state index is 5.24. The van der Waals surface area contributed by atoms with E-state index in [0.29, 0.717) is 5.88 Å². The van der Waals surface area contributed by atoms with Crippen molar-refractivity contribution >= 4 is 0 Å². The Morgan fingerprint density at radius 1 is 1.10 bits per heavy atom. The molecule has 20 heavy (non-hydrogen) atoms. The van der Waals surface area contributed by atoms with Crippen LogP contribution in [-0.4, -0.2) is 31.2 Å². The normalized spacial score (nSPS) is 12.0. The highest BCUT2D eigenvalue weighted by Gasteiger charge is 2.17. The van der Waals surface area contributed by atoms with Gasteiger partial charge in [-0.25, -0.2) is 9.97 Å². The van der Waals surface area contributed by atoms with Gasteiger partial charge in [-0.1, -0.05) is 6.07 Å². The summed E-state index contributed by atoms with van der Waals surface area (Å²) >= 11 is 0. The standard InChI is InChI=1S/C15H19N3O2/c1-10-7-11(19-3)5-6-12(10)15(16-2)13-8-14(20-4)18-9-17-13/h5-9,15-16H,1-4H3. The summed E-state index contributed by atoms with van der Waals surface area (Å²) in [4.78, 5) is 8.37. The van der Waals surface area contributed by atoms with Crippen LogP contribution in [0.5, 0.6) is 11.6 Å². The van der Waals surface area contributed by atoms with E-state index in [1.165, 1.54) is 6.33 Å². The molecule has 0 aliphatic rings. The van der Waals surface area contributed by atoms with Crippen molar-refractivity contribution in [1.29, 1.82) is 0 Å². The summed E-state index contributed by atoms with van der Waals surface area (Å²) in [6, 6.07) is 7.83. The molecule has 106 valence electrons. The molecular weight excluding hydrogens is 254 g/mol. The van der Waals surface area contributed by atoms with Gasteiger partial charge in [0, 0.05) is 6.07 Å². The Morgan fingerprint density at radius 2 is 1.90 bits per heavy atom. The molecule has 0 radical (unpaired) electrons. The minimum absolute atomic E-state index is 0.0159. The highest BCUT2D eigenvalue weighted by atomic mass is 16.5. The van der Waals surface area contributed by atoms with E-state index in [2.05, 4.69) is 22.2 Å². The van der Waals surface area contributed by atoms with E-state index in [4.69, 9.17) is 9.47 Å². The lowest BCUT2D eigenvalue weighted by atomic mass is 9.98. The van der Waals surface area contributed by atoms with E-state index in [-0.39, 0.29) is 6.04 Å². The van der Waals surface area contributed by atoms with Gasteiger partial charge in [0.25, 0.3) is 0 Å². The molecule has 0 fully saturated rings. The molecular formula is C15H19N3O2. The zero-order chi connectivity index (χ0) is 14.5. The van der Waals surface area contributed by atoms with E-state index in [0.717, 1.165) is 22.6 Å². The van der Waals surface area contributed by atoms with Gasteiger partial charge < -0.3 is 14.8 Å². The number of aryl methyl sites for hydroxylation is 1. The summed E-state index contributed by atoms with van der Waals surface area (Å²) in [6.45, 7) is 2.06. The molecule has 0 spiro atoms. The summed E-state index contributed by atoms with van der Waals surface area (Å²) in [7, 11) is 5.17. The van der Waals surface area contributed by atoms with Crippen LogP contribution in [0.4, 0.5) is 0 Å². The van der Waals surface area contributed by atoms with Gasteiger partial charge in [0.05, 0.1) is 26.0 Å². The van der Waals surface area contributed by atoms with Crippen molar-refractivity contribution in [2.45, 2.75) is 13.0 Å². The van der Waals surface area contributed by atoms with Crippen molar-refractivity contribution in [2.75, 3.05) is 21.3 Å². The van der Waals surface area contributed by atoms with Gasteiger partial charge in [-0.15, -0.1) is 0 Å². The summed E-state index contributed by atoms with van der Waals surface area (Å²) in [5.41, 5.74) is 3.16. The number of hydrogen-bond donors (Lipinski definition) is 1. The molecule has 1 aromatic carbocycles. The quantitative estimate of drug-likeness (QED) is 0.904. The fourth-order valence-corrected chi connectivity index (χ4v) is 2.18. The number of rotatable bonds is 5. The maximum absolute atomic E-state index is 5.24. The maximum Gasteiger partial charge on any atom is 0.216 e. The molecule has 0 bridgehead atoms. The average Bonchev–Trinajstić information content (AvgIpc) is 2.49. The number of hydrogen-bond acceptors (Lipinski definition) is 5. The van der Waals surface area contributed by atoms with Gasteiger partial charge in [-0.2, -0.15) is 0 Å². The number of nitrogens with one attached hydrogen (secondary N) is 1. The number of nitrogens with zero attached hydrogens (tertiary/aromatic N) is 2. The van der Waals surface area contributed by atoms with Crippen molar-refractivity contribution in [3.8, 4) is 11.6 Å². The largest absolute Gasteiger partial charge is 0.497 e. The third kappa shape index (κ3) is 2.88. The van der Waals surface area contributed by atoms with E-state index in [1.54, 1.807) is 14.2 Å². The van der Waals surface area contributed by atoms with Crippen molar-refractivity contribution < 1.29 is 9.47 Å². The number of aromatic nitrogens is 2. The van der Waals surface area contributed by atoms with Crippen LogP contribution >= 0.6 is 0 Å². The molecule has 0 aliphatic heterocycles. The van der Waals surface area contributed by atoms with Gasteiger partial charge in [-0.05, 0) is 37.2 Å². The van der Waals surface area contributed by atoms with Crippen LogP contribution < -0.4 is 14.8 Å². The van der Waals surface area contributed by atoms with Crippen LogP contribution in [-0.2, 0) is 0 Å². The van der Waals surface area contributed by atoms with Gasteiger partial charge in [-0.3, -0.25) is 0 Å². The highest BCUT2D eigenvalue weighted by molar-refractivity contribution is 5.40. The zero-order valence-corrected chi connectivity index (χ0v) is 12.2. The zero-order valence-electron chi connectivity index (χ0n) is 12.2. The fraction of sp³-hybridized carbons (Fsp3) is 0.333. The Bertz CT molecular complexity index is 587. The van der Waals surface area contributed by atoms with E-state index in [9.17, 15) is 0 Å². The topological polar surface area (TPSA) is 56.3 Å². The lowest BCUT2D eigenvalue weighted by molar-refractivity contribution is 0.395. The second-order valence-corrected chi connectivity index (χ2v) is 4.43. The van der Waals surface area contributed by atoms with Crippen molar-refractivity contribution in [3.05, 3.63) is 47.4 Å². The molecule has 0 saturated carbocycles. The Labute approximate surface area is 119 Å². The molecule has 5 nitrogen and oxygen atoms in total. The summed E-state index contributed by atoms with van der Waals surface area (Å²) in [6.07, 6.45) is 1.51. The highest BCUT2D eigenvalue weighted by Crippen LogP contribution is 2.27. The second kappa shape index (κ2) is 6.34. The molecule has 0 aliphatic carbocycles. The Hall–Kier alpha value is -2.14. The smallest absolute Gasteiger partial charge is 0.216 e. The van der Waals surface area contributed by atoms with Gasteiger partial charge in [0.2, 0.25) is 5.88 Å². The predicted octanol–water partition coefficient (Wildman–Crippen LogP) is 2.11. The molecule has 5 heteroatoms. The molecule has 0 saturated heterocycles. The predicted molar refractivity (Wildman–Crippen MR) is 77.2 cm³/mol. The van der Waals surface area contributed by atoms with Crippen LogP contribution in [0.2, 0.25) is 0 Å². The number of benzene rings is 1. The first-order valence-corrected chi connectivity index (χ1v) is 6.37. The molecule has 2 rings (SSSR count). The van der Waals surface area contributed by atoms with Crippen molar-refractivity contribution in [3.63, 3.8) is 0 Å². The molecule has 1 aromatic heterocycles. The van der Waals surface area contributed by atoms with Crippen LogP contribution in [0.25, 0.3) is 0 Å². The summed E-state index contributed by atoms with van der Waals surface area (Å²) in [5, 5.41) is 3.28.